The van der Waals surface area contributed by atoms with Gasteiger partial charge in [-0.3, -0.25) is 9.78 Å². The molecule has 192 valence electrons. The Kier molecular flexibility index (Phi) is 6.50. The molecular weight excluding hydrogens is 507 g/mol. The second-order valence-electron chi connectivity index (χ2n) is 8.73. The average Bonchev–Trinajstić information content (AvgIpc) is 3.55. The molecular formula is C26H22F3N3O4S. The van der Waals surface area contributed by atoms with Crippen molar-refractivity contribution in [3.63, 3.8) is 0 Å². The lowest BCUT2D eigenvalue weighted by Crippen LogP contribution is -2.45. The van der Waals surface area contributed by atoms with Crippen molar-refractivity contribution in [2.75, 3.05) is 6.54 Å². The van der Waals surface area contributed by atoms with E-state index < -0.39 is 33.8 Å². The van der Waals surface area contributed by atoms with E-state index in [2.05, 4.69) is 10.3 Å². The summed E-state index contributed by atoms with van der Waals surface area (Å²) in [4.78, 5) is 16.5. The Morgan fingerprint density at radius 1 is 1.05 bits per heavy atom. The molecule has 37 heavy (non-hydrogen) atoms. The first-order valence-electron chi connectivity index (χ1n) is 11.5. The summed E-state index contributed by atoms with van der Waals surface area (Å²) < 4.78 is 71.6. The van der Waals surface area contributed by atoms with Gasteiger partial charge in [-0.15, -0.1) is 0 Å². The largest absolute Gasteiger partial charge is 0.443 e. The van der Waals surface area contributed by atoms with Gasteiger partial charge >= 0.3 is 6.18 Å². The van der Waals surface area contributed by atoms with Crippen LogP contribution in [0.5, 0.6) is 0 Å². The fourth-order valence-electron chi connectivity index (χ4n) is 4.39. The average molecular weight is 530 g/mol. The zero-order valence-corrected chi connectivity index (χ0v) is 20.2. The number of fused-ring (bicyclic) bond motifs is 1. The van der Waals surface area contributed by atoms with E-state index in [0.29, 0.717) is 40.5 Å². The van der Waals surface area contributed by atoms with E-state index in [0.717, 1.165) is 12.3 Å². The van der Waals surface area contributed by atoms with Crippen molar-refractivity contribution < 1.29 is 30.8 Å². The number of halogens is 3. The molecule has 4 aromatic rings. The number of amides is 1. The summed E-state index contributed by atoms with van der Waals surface area (Å²) in [5, 5.41) is 3.24. The Bertz CT molecular complexity index is 1520. The first-order valence-corrected chi connectivity index (χ1v) is 13.0. The van der Waals surface area contributed by atoms with Crippen LogP contribution in [0.4, 0.5) is 13.2 Å². The van der Waals surface area contributed by atoms with Crippen LogP contribution in [0.25, 0.3) is 22.1 Å². The van der Waals surface area contributed by atoms with Gasteiger partial charge in [0.1, 0.15) is 17.3 Å². The van der Waals surface area contributed by atoms with Crippen LogP contribution in [-0.2, 0) is 27.5 Å². The summed E-state index contributed by atoms with van der Waals surface area (Å²) in [6.45, 7) is 0.323. The topological polar surface area (TPSA) is 92.5 Å². The van der Waals surface area contributed by atoms with Crippen LogP contribution in [0.3, 0.4) is 0 Å². The zero-order valence-electron chi connectivity index (χ0n) is 19.4. The number of alkyl halides is 3. The molecule has 1 aliphatic rings. The van der Waals surface area contributed by atoms with Crippen LogP contribution in [0.2, 0.25) is 0 Å². The van der Waals surface area contributed by atoms with Gasteiger partial charge in [-0.2, -0.15) is 17.5 Å². The van der Waals surface area contributed by atoms with Crippen molar-refractivity contribution in [2.24, 2.45) is 0 Å². The fraction of sp³-hybridized carbons (Fsp3) is 0.231. The number of aromatic nitrogens is 1. The summed E-state index contributed by atoms with van der Waals surface area (Å²) >= 11 is 0. The van der Waals surface area contributed by atoms with Crippen LogP contribution in [0, 0.1) is 0 Å². The molecule has 7 nitrogen and oxygen atoms in total. The van der Waals surface area contributed by atoms with E-state index in [-0.39, 0.29) is 18.2 Å². The molecule has 1 unspecified atom stereocenters. The molecule has 1 atom stereocenters. The van der Waals surface area contributed by atoms with Crippen LogP contribution in [0.15, 0.2) is 82.4 Å². The fourth-order valence-corrected chi connectivity index (χ4v) is 6.00. The number of hydrogen-bond donors (Lipinski definition) is 1. The zero-order chi connectivity index (χ0) is 26.2. The molecule has 0 spiro atoms. The van der Waals surface area contributed by atoms with Crippen LogP contribution in [0.1, 0.15) is 24.1 Å². The summed E-state index contributed by atoms with van der Waals surface area (Å²) in [6.07, 6.45) is -2.45. The Balaban J connectivity index is 1.28. The normalized spacial score (nSPS) is 16.8. The number of hydrogen-bond acceptors (Lipinski definition) is 5. The van der Waals surface area contributed by atoms with Gasteiger partial charge in [0.05, 0.1) is 0 Å². The Hall–Kier alpha value is -3.70. The van der Waals surface area contributed by atoms with Gasteiger partial charge in [0, 0.05) is 36.3 Å². The quantitative estimate of drug-likeness (QED) is 0.380. The van der Waals surface area contributed by atoms with E-state index in [4.69, 9.17) is 4.42 Å². The second kappa shape index (κ2) is 9.64. The second-order valence-corrected chi connectivity index (χ2v) is 10.5. The SMILES string of the molecule is O=C(NCc1cccc(-c2ccc(C(F)(F)F)nc2)c1)C1CCCN1S(=O)(=O)c1cc2ccccc2o1. The van der Waals surface area contributed by atoms with Crippen molar-refractivity contribution in [1.29, 1.82) is 0 Å². The highest BCUT2D eigenvalue weighted by atomic mass is 32.2. The molecule has 5 rings (SSSR count). The smallest absolute Gasteiger partial charge is 0.433 e. The first kappa shape index (κ1) is 25.0. The van der Waals surface area contributed by atoms with Gasteiger partial charge in [-0.1, -0.05) is 42.5 Å². The minimum absolute atomic E-state index is 0.121. The highest BCUT2D eigenvalue weighted by molar-refractivity contribution is 7.89. The summed E-state index contributed by atoms with van der Waals surface area (Å²) in [7, 11) is -4.02. The highest BCUT2D eigenvalue weighted by Gasteiger charge is 2.41. The first-order chi connectivity index (χ1) is 17.6. The molecule has 1 saturated heterocycles. The maximum atomic E-state index is 13.3. The van der Waals surface area contributed by atoms with E-state index in [9.17, 15) is 26.4 Å². The number of para-hydroxylation sites is 1. The van der Waals surface area contributed by atoms with Gasteiger partial charge in [-0.25, -0.2) is 8.42 Å². The van der Waals surface area contributed by atoms with Crippen molar-refractivity contribution >= 4 is 26.9 Å². The Labute approximate surface area is 211 Å². The minimum Gasteiger partial charge on any atom is -0.443 e. The lowest BCUT2D eigenvalue weighted by molar-refractivity contribution is -0.141. The highest BCUT2D eigenvalue weighted by Crippen LogP contribution is 2.31. The lowest BCUT2D eigenvalue weighted by atomic mass is 10.0. The maximum absolute atomic E-state index is 13.3. The van der Waals surface area contributed by atoms with Crippen LogP contribution in [-0.4, -0.2) is 36.2 Å². The van der Waals surface area contributed by atoms with E-state index in [1.807, 2.05) is 0 Å². The van der Waals surface area contributed by atoms with E-state index >= 15 is 0 Å². The molecule has 1 aliphatic heterocycles. The number of rotatable bonds is 6. The number of nitrogens with zero attached hydrogens (tertiary/aromatic N) is 2. The molecule has 0 saturated carbocycles. The third-order valence-corrected chi connectivity index (χ3v) is 8.02. The Morgan fingerprint density at radius 3 is 2.59 bits per heavy atom. The van der Waals surface area contributed by atoms with Crippen molar-refractivity contribution in [3.8, 4) is 11.1 Å². The number of nitrogens with one attached hydrogen (secondary N) is 1. The summed E-state index contributed by atoms with van der Waals surface area (Å²) in [5.74, 6) is -0.432. The predicted molar refractivity (Wildman–Crippen MR) is 130 cm³/mol. The molecule has 0 bridgehead atoms. The third kappa shape index (κ3) is 5.09. The third-order valence-electron chi connectivity index (χ3n) is 6.25. The number of pyridine rings is 1. The molecule has 11 heteroatoms. The molecule has 0 radical (unpaired) electrons. The molecule has 2 aromatic heterocycles. The molecule has 1 amide bonds. The summed E-state index contributed by atoms with van der Waals surface area (Å²) in [5.41, 5.74) is 1.32. The number of sulfonamides is 1. The van der Waals surface area contributed by atoms with Gasteiger partial charge in [0.2, 0.25) is 11.0 Å². The van der Waals surface area contributed by atoms with Crippen molar-refractivity contribution in [3.05, 3.63) is 84.2 Å². The van der Waals surface area contributed by atoms with Gasteiger partial charge in [0.25, 0.3) is 10.0 Å². The number of furan rings is 1. The lowest BCUT2D eigenvalue weighted by Gasteiger charge is -2.22. The van der Waals surface area contributed by atoms with Crippen LogP contribution < -0.4 is 5.32 Å². The van der Waals surface area contributed by atoms with Gasteiger partial charge in [-0.05, 0) is 42.2 Å². The molecule has 0 aliphatic carbocycles. The van der Waals surface area contributed by atoms with Crippen LogP contribution >= 0.6 is 0 Å². The summed E-state index contributed by atoms with van der Waals surface area (Å²) in [6, 6.07) is 16.8. The number of carbonyl (C=O) groups excluding carboxylic acids is 1. The van der Waals surface area contributed by atoms with Crippen molar-refractivity contribution in [1.82, 2.24) is 14.6 Å². The molecule has 2 aromatic carbocycles. The van der Waals surface area contributed by atoms with Gasteiger partial charge in [0.15, 0.2) is 0 Å². The van der Waals surface area contributed by atoms with Crippen molar-refractivity contribution in [2.45, 2.75) is 36.7 Å². The number of carbonyl (C=O) groups is 1. The van der Waals surface area contributed by atoms with E-state index in [1.54, 1.807) is 48.5 Å². The molecule has 1 N–H and O–H groups in total. The standard InChI is InChI=1S/C26H22F3N3O4S/c27-26(28,29)23-11-10-20(16-30-23)18-7-3-5-17(13-18)15-31-25(33)21-8-4-12-32(21)37(34,35)24-14-19-6-1-2-9-22(19)36-24/h1-3,5-7,9-11,13-14,16,21H,4,8,12,15H2,(H,31,33). The van der Waals surface area contributed by atoms with Gasteiger partial charge < -0.3 is 9.73 Å². The predicted octanol–water partition coefficient (Wildman–Crippen LogP) is 4.98. The number of benzene rings is 2. The molecule has 1 fully saturated rings. The minimum atomic E-state index is -4.52. The monoisotopic (exact) mass is 529 g/mol. The molecule has 3 heterocycles. The maximum Gasteiger partial charge on any atom is 0.433 e. The van der Waals surface area contributed by atoms with E-state index in [1.165, 1.54) is 16.4 Å². The Morgan fingerprint density at radius 2 is 1.86 bits per heavy atom.